The standard InChI is InChI=1S/C18H17BrN2O3/c1-11-7-15(8-12(2)17(11)19)23-10-16-20-18(21-24-16)13-5-4-6-14(9-13)22-3/h4-9H,10H2,1-3H3. The predicted molar refractivity (Wildman–Crippen MR) is 94.2 cm³/mol. The molecule has 24 heavy (non-hydrogen) atoms. The average Bonchev–Trinajstić information content (AvgIpc) is 3.07. The minimum atomic E-state index is 0.220. The van der Waals surface area contributed by atoms with Gasteiger partial charge in [0, 0.05) is 10.0 Å². The molecule has 0 aliphatic carbocycles. The predicted octanol–water partition coefficient (Wildman–Crippen LogP) is 4.70. The van der Waals surface area contributed by atoms with Gasteiger partial charge in [-0.15, -0.1) is 0 Å². The van der Waals surface area contributed by atoms with Gasteiger partial charge in [-0.2, -0.15) is 4.98 Å². The Bertz CT molecular complexity index is 838. The Morgan fingerprint density at radius 3 is 2.54 bits per heavy atom. The molecule has 124 valence electrons. The quantitative estimate of drug-likeness (QED) is 0.633. The van der Waals surface area contributed by atoms with Crippen LogP contribution in [0.4, 0.5) is 0 Å². The third-order valence-electron chi connectivity index (χ3n) is 3.57. The highest BCUT2D eigenvalue weighted by molar-refractivity contribution is 9.10. The molecule has 3 aromatic rings. The average molecular weight is 389 g/mol. The van der Waals surface area contributed by atoms with Crippen molar-refractivity contribution in [3.05, 3.63) is 57.9 Å². The number of rotatable bonds is 5. The van der Waals surface area contributed by atoms with Gasteiger partial charge in [0.1, 0.15) is 11.5 Å². The zero-order valence-electron chi connectivity index (χ0n) is 13.7. The Morgan fingerprint density at radius 2 is 1.83 bits per heavy atom. The van der Waals surface area contributed by atoms with Crippen molar-refractivity contribution >= 4 is 15.9 Å². The van der Waals surface area contributed by atoms with Crippen LogP contribution in [0.25, 0.3) is 11.4 Å². The molecular formula is C18H17BrN2O3. The van der Waals surface area contributed by atoms with Gasteiger partial charge in [0.05, 0.1) is 7.11 Å². The number of hydrogen-bond acceptors (Lipinski definition) is 5. The SMILES string of the molecule is COc1cccc(-c2noc(COc3cc(C)c(Br)c(C)c3)n2)c1. The van der Waals surface area contributed by atoms with E-state index < -0.39 is 0 Å². The number of halogens is 1. The number of aromatic nitrogens is 2. The maximum Gasteiger partial charge on any atom is 0.264 e. The lowest BCUT2D eigenvalue weighted by molar-refractivity contribution is 0.242. The van der Waals surface area contributed by atoms with Gasteiger partial charge in [0.25, 0.3) is 5.89 Å². The number of aryl methyl sites for hydroxylation is 2. The van der Waals surface area contributed by atoms with Crippen LogP contribution in [0.15, 0.2) is 45.4 Å². The van der Waals surface area contributed by atoms with Gasteiger partial charge in [-0.25, -0.2) is 0 Å². The molecule has 0 atom stereocenters. The van der Waals surface area contributed by atoms with E-state index in [1.54, 1.807) is 7.11 Å². The number of hydrogen-bond donors (Lipinski definition) is 0. The molecule has 0 aliphatic heterocycles. The molecule has 1 heterocycles. The highest BCUT2D eigenvalue weighted by Crippen LogP contribution is 2.27. The fraction of sp³-hybridized carbons (Fsp3) is 0.222. The molecule has 1 aromatic heterocycles. The first-order valence-electron chi connectivity index (χ1n) is 7.43. The monoisotopic (exact) mass is 388 g/mol. The van der Waals surface area contributed by atoms with Crippen molar-refractivity contribution < 1.29 is 14.0 Å². The molecule has 0 radical (unpaired) electrons. The van der Waals surface area contributed by atoms with Gasteiger partial charge in [0.15, 0.2) is 6.61 Å². The van der Waals surface area contributed by atoms with E-state index >= 15 is 0 Å². The summed E-state index contributed by atoms with van der Waals surface area (Å²) in [6.07, 6.45) is 0. The van der Waals surface area contributed by atoms with E-state index in [1.165, 1.54) is 0 Å². The minimum absolute atomic E-state index is 0.220. The van der Waals surface area contributed by atoms with Gasteiger partial charge in [-0.1, -0.05) is 33.2 Å². The molecule has 6 heteroatoms. The number of ether oxygens (including phenoxy) is 2. The summed E-state index contributed by atoms with van der Waals surface area (Å²) in [6.45, 7) is 4.27. The fourth-order valence-corrected chi connectivity index (χ4v) is 2.56. The van der Waals surface area contributed by atoms with E-state index in [4.69, 9.17) is 14.0 Å². The second kappa shape index (κ2) is 7.05. The van der Waals surface area contributed by atoms with Crippen LogP contribution < -0.4 is 9.47 Å². The third-order valence-corrected chi connectivity index (χ3v) is 4.82. The molecule has 0 unspecified atom stereocenters. The maximum atomic E-state index is 5.76. The number of nitrogens with zero attached hydrogens (tertiary/aromatic N) is 2. The molecule has 3 rings (SSSR count). The molecule has 0 saturated carbocycles. The van der Waals surface area contributed by atoms with Gasteiger partial charge in [0.2, 0.25) is 5.82 Å². The van der Waals surface area contributed by atoms with Gasteiger partial charge >= 0.3 is 0 Å². The van der Waals surface area contributed by atoms with Crippen LogP contribution in [0.1, 0.15) is 17.0 Å². The minimum Gasteiger partial charge on any atom is -0.497 e. The summed E-state index contributed by atoms with van der Waals surface area (Å²) in [5, 5.41) is 3.99. The first kappa shape index (κ1) is 16.5. The number of benzene rings is 2. The molecular weight excluding hydrogens is 372 g/mol. The zero-order chi connectivity index (χ0) is 17.1. The Kier molecular flexibility index (Phi) is 4.85. The van der Waals surface area contributed by atoms with Crippen LogP contribution in [0.5, 0.6) is 11.5 Å². The van der Waals surface area contributed by atoms with Gasteiger partial charge in [-0.3, -0.25) is 0 Å². The van der Waals surface area contributed by atoms with Crippen molar-refractivity contribution in [2.45, 2.75) is 20.5 Å². The zero-order valence-corrected chi connectivity index (χ0v) is 15.3. The van der Waals surface area contributed by atoms with E-state index in [9.17, 15) is 0 Å². The molecule has 2 aromatic carbocycles. The fourth-order valence-electron chi connectivity index (χ4n) is 2.33. The van der Waals surface area contributed by atoms with Crippen molar-refractivity contribution in [3.8, 4) is 22.9 Å². The van der Waals surface area contributed by atoms with Crippen LogP contribution in [-0.2, 0) is 6.61 Å². The summed E-state index contributed by atoms with van der Waals surface area (Å²) in [5.74, 6) is 2.45. The normalized spacial score (nSPS) is 10.7. The lowest BCUT2D eigenvalue weighted by Crippen LogP contribution is -1.97. The highest BCUT2D eigenvalue weighted by Gasteiger charge is 2.11. The Balaban J connectivity index is 1.72. The molecule has 5 nitrogen and oxygen atoms in total. The summed E-state index contributed by atoms with van der Waals surface area (Å²) in [6, 6.07) is 11.4. The summed E-state index contributed by atoms with van der Waals surface area (Å²) < 4.78 is 17.3. The molecule has 0 fully saturated rings. The van der Waals surface area contributed by atoms with E-state index in [0.717, 1.165) is 32.7 Å². The van der Waals surface area contributed by atoms with Crippen LogP contribution in [0.2, 0.25) is 0 Å². The lowest BCUT2D eigenvalue weighted by Gasteiger charge is -2.08. The van der Waals surface area contributed by atoms with Crippen LogP contribution in [0.3, 0.4) is 0 Å². The second-order valence-corrected chi connectivity index (χ2v) is 6.20. The summed E-state index contributed by atoms with van der Waals surface area (Å²) in [5.41, 5.74) is 3.07. The van der Waals surface area contributed by atoms with Gasteiger partial charge < -0.3 is 14.0 Å². The first-order valence-corrected chi connectivity index (χ1v) is 8.22. The highest BCUT2D eigenvalue weighted by atomic mass is 79.9. The summed E-state index contributed by atoms with van der Waals surface area (Å²) in [4.78, 5) is 4.37. The maximum absolute atomic E-state index is 5.76. The molecule has 0 N–H and O–H groups in total. The lowest BCUT2D eigenvalue weighted by atomic mass is 10.1. The van der Waals surface area contributed by atoms with Gasteiger partial charge in [-0.05, 0) is 49.2 Å². The van der Waals surface area contributed by atoms with E-state index in [0.29, 0.717) is 11.7 Å². The second-order valence-electron chi connectivity index (χ2n) is 5.40. The molecule has 0 bridgehead atoms. The van der Waals surface area contributed by atoms with Crippen LogP contribution >= 0.6 is 15.9 Å². The van der Waals surface area contributed by atoms with Crippen molar-refractivity contribution in [1.82, 2.24) is 10.1 Å². The van der Waals surface area contributed by atoms with Crippen molar-refractivity contribution in [1.29, 1.82) is 0 Å². The Hall–Kier alpha value is -2.34. The topological polar surface area (TPSA) is 57.4 Å². The largest absolute Gasteiger partial charge is 0.497 e. The molecule has 0 spiro atoms. The van der Waals surface area contributed by atoms with Crippen molar-refractivity contribution in [2.75, 3.05) is 7.11 Å². The van der Waals surface area contributed by atoms with Crippen LogP contribution in [-0.4, -0.2) is 17.3 Å². The van der Waals surface area contributed by atoms with Crippen molar-refractivity contribution in [2.24, 2.45) is 0 Å². The van der Waals surface area contributed by atoms with E-state index in [2.05, 4.69) is 26.1 Å². The Labute approximate surface area is 148 Å². The third kappa shape index (κ3) is 3.59. The van der Waals surface area contributed by atoms with E-state index in [1.807, 2.05) is 50.2 Å². The van der Waals surface area contributed by atoms with Crippen molar-refractivity contribution in [3.63, 3.8) is 0 Å². The smallest absolute Gasteiger partial charge is 0.264 e. The molecule has 0 aliphatic rings. The molecule has 0 amide bonds. The van der Waals surface area contributed by atoms with Crippen LogP contribution in [0, 0.1) is 13.8 Å². The summed E-state index contributed by atoms with van der Waals surface area (Å²) in [7, 11) is 1.62. The summed E-state index contributed by atoms with van der Waals surface area (Å²) >= 11 is 3.54. The Morgan fingerprint density at radius 1 is 1.08 bits per heavy atom. The number of methoxy groups -OCH3 is 1. The molecule has 0 saturated heterocycles. The van der Waals surface area contributed by atoms with E-state index in [-0.39, 0.29) is 6.61 Å². The first-order chi connectivity index (χ1) is 11.6.